The number of anilines is 1. The molecule has 4 aromatic rings. The SMILES string of the molecule is C[C@H](C[C@H]1CC[C@@H](c2ccnc3ccc(F)cc32)CC1)Nc1ncnc2cc(C#N)ccc12. The fourth-order valence-corrected chi connectivity index (χ4v) is 5.24. The fourth-order valence-electron chi connectivity index (χ4n) is 5.24. The zero-order valence-electron chi connectivity index (χ0n) is 18.6. The van der Waals surface area contributed by atoms with Gasteiger partial charge in [0.05, 0.1) is 22.7 Å². The Labute approximate surface area is 192 Å². The molecule has 166 valence electrons. The number of nitrogens with one attached hydrogen (secondary N) is 1. The predicted octanol–water partition coefficient (Wildman–Crippen LogP) is 6.35. The van der Waals surface area contributed by atoms with Crippen molar-refractivity contribution in [2.45, 2.75) is 51.0 Å². The van der Waals surface area contributed by atoms with Crippen molar-refractivity contribution < 1.29 is 4.39 Å². The summed E-state index contributed by atoms with van der Waals surface area (Å²) in [6.07, 6.45) is 9.00. The van der Waals surface area contributed by atoms with Gasteiger partial charge in [-0.2, -0.15) is 5.26 Å². The largest absolute Gasteiger partial charge is 0.367 e. The quantitative estimate of drug-likeness (QED) is 0.392. The van der Waals surface area contributed by atoms with Crippen LogP contribution in [0.15, 0.2) is 55.0 Å². The van der Waals surface area contributed by atoms with Crippen molar-refractivity contribution in [3.05, 3.63) is 71.9 Å². The maximum absolute atomic E-state index is 13.8. The van der Waals surface area contributed by atoms with E-state index in [9.17, 15) is 4.39 Å². The molecule has 0 amide bonds. The van der Waals surface area contributed by atoms with Gasteiger partial charge in [-0.1, -0.05) is 0 Å². The van der Waals surface area contributed by atoms with Crippen LogP contribution in [0.1, 0.15) is 56.1 Å². The molecule has 2 heterocycles. The molecule has 1 saturated carbocycles. The normalized spacial score (nSPS) is 19.3. The Bertz CT molecular complexity index is 1340. The van der Waals surface area contributed by atoms with Gasteiger partial charge < -0.3 is 5.32 Å². The van der Waals surface area contributed by atoms with E-state index in [-0.39, 0.29) is 11.9 Å². The van der Waals surface area contributed by atoms with E-state index in [2.05, 4.69) is 39.3 Å². The standard InChI is InChI=1S/C27H26FN5/c1-17(33-27-23-8-4-19(15-29)13-26(23)31-16-32-27)12-18-2-5-20(6-3-18)22-10-11-30-25-9-7-21(28)14-24(22)25/h4,7-11,13-14,16-18,20H,2-3,5-6,12H2,1H3,(H,31,32,33)/t17-,18-,20+/m1/s1. The number of halogens is 1. The third-order valence-corrected chi connectivity index (χ3v) is 6.86. The average molecular weight is 440 g/mol. The Morgan fingerprint density at radius 2 is 1.85 bits per heavy atom. The van der Waals surface area contributed by atoms with Crippen molar-refractivity contribution in [1.29, 1.82) is 5.26 Å². The first-order valence-electron chi connectivity index (χ1n) is 11.6. The highest BCUT2D eigenvalue weighted by Gasteiger charge is 2.25. The first-order valence-corrected chi connectivity index (χ1v) is 11.6. The van der Waals surface area contributed by atoms with E-state index < -0.39 is 0 Å². The van der Waals surface area contributed by atoms with E-state index in [0.29, 0.717) is 17.4 Å². The summed E-state index contributed by atoms with van der Waals surface area (Å²) in [5.41, 5.74) is 3.48. The van der Waals surface area contributed by atoms with Crippen LogP contribution >= 0.6 is 0 Å². The fraction of sp³-hybridized carbons (Fsp3) is 0.333. The van der Waals surface area contributed by atoms with Crippen molar-refractivity contribution in [2.24, 2.45) is 5.92 Å². The summed E-state index contributed by atoms with van der Waals surface area (Å²) < 4.78 is 13.8. The summed E-state index contributed by atoms with van der Waals surface area (Å²) in [6.45, 7) is 2.20. The van der Waals surface area contributed by atoms with Crippen molar-refractivity contribution in [3.8, 4) is 6.07 Å². The molecule has 33 heavy (non-hydrogen) atoms. The molecule has 0 saturated heterocycles. The maximum Gasteiger partial charge on any atom is 0.137 e. The summed E-state index contributed by atoms with van der Waals surface area (Å²) in [4.78, 5) is 13.2. The molecule has 0 radical (unpaired) electrons. The number of hydrogen-bond acceptors (Lipinski definition) is 5. The zero-order chi connectivity index (χ0) is 22.8. The first-order chi connectivity index (χ1) is 16.1. The minimum absolute atomic E-state index is 0.202. The number of benzene rings is 2. The minimum atomic E-state index is -0.202. The number of pyridine rings is 1. The van der Waals surface area contributed by atoms with Crippen LogP contribution in [0.4, 0.5) is 10.2 Å². The Balaban J connectivity index is 1.23. The van der Waals surface area contributed by atoms with Crippen LogP contribution in [-0.2, 0) is 0 Å². The molecule has 2 aromatic heterocycles. The lowest BCUT2D eigenvalue weighted by molar-refractivity contribution is 0.302. The highest BCUT2D eigenvalue weighted by molar-refractivity contribution is 5.89. The van der Waals surface area contributed by atoms with Crippen LogP contribution in [0.25, 0.3) is 21.8 Å². The number of nitriles is 1. The van der Waals surface area contributed by atoms with E-state index in [1.165, 1.54) is 11.6 Å². The van der Waals surface area contributed by atoms with Gasteiger partial charge in [0.25, 0.3) is 0 Å². The van der Waals surface area contributed by atoms with Crippen molar-refractivity contribution in [1.82, 2.24) is 15.0 Å². The first kappa shape index (κ1) is 21.3. The number of nitrogens with zero attached hydrogens (tertiary/aromatic N) is 4. The molecule has 1 fully saturated rings. The topological polar surface area (TPSA) is 74.5 Å². The monoisotopic (exact) mass is 439 g/mol. The predicted molar refractivity (Wildman–Crippen MR) is 128 cm³/mol. The van der Waals surface area contributed by atoms with Gasteiger partial charge in [-0.3, -0.25) is 4.98 Å². The van der Waals surface area contributed by atoms with Crippen LogP contribution in [-0.4, -0.2) is 21.0 Å². The molecule has 6 heteroatoms. The van der Waals surface area contributed by atoms with Crippen molar-refractivity contribution in [2.75, 3.05) is 5.32 Å². The van der Waals surface area contributed by atoms with Gasteiger partial charge >= 0.3 is 0 Å². The van der Waals surface area contributed by atoms with Crippen LogP contribution in [0.2, 0.25) is 0 Å². The van der Waals surface area contributed by atoms with Gasteiger partial charge in [-0.05, 0) is 98.9 Å². The Kier molecular flexibility index (Phi) is 5.87. The van der Waals surface area contributed by atoms with Gasteiger partial charge in [-0.15, -0.1) is 0 Å². The summed E-state index contributed by atoms with van der Waals surface area (Å²) >= 11 is 0. The van der Waals surface area contributed by atoms with E-state index in [0.717, 1.165) is 59.7 Å². The molecule has 1 atom stereocenters. The molecule has 2 aromatic carbocycles. The maximum atomic E-state index is 13.8. The summed E-state index contributed by atoms with van der Waals surface area (Å²) in [6, 6.07) is 14.9. The number of aromatic nitrogens is 3. The van der Waals surface area contributed by atoms with Crippen LogP contribution in [0.5, 0.6) is 0 Å². The van der Waals surface area contributed by atoms with Crippen molar-refractivity contribution >= 4 is 27.6 Å². The Morgan fingerprint density at radius 1 is 1.00 bits per heavy atom. The van der Waals surface area contributed by atoms with Crippen LogP contribution in [0.3, 0.4) is 0 Å². The van der Waals surface area contributed by atoms with Crippen LogP contribution < -0.4 is 5.32 Å². The molecule has 0 unspecified atom stereocenters. The molecular formula is C27H26FN5. The second-order valence-corrected chi connectivity index (χ2v) is 9.13. The van der Waals surface area contributed by atoms with Gasteiger partial charge in [0, 0.05) is 23.0 Å². The molecule has 0 spiro atoms. The molecule has 0 bridgehead atoms. The minimum Gasteiger partial charge on any atom is -0.367 e. The summed E-state index contributed by atoms with van der Waals surface area (Å²) in [7, 11) is 0. The number of hydrogen-bond donors (Lipinski definition) is 1. The smallest absolute Gasteiger partial charge is 0.137 e. The second kappa shape index (κ2) is 9.11. The van der Waals surface area contributed by atoms with E-state index in [1.54, 1.807) is 30.6 Å². The molecular weight excluding hydrogens is 413 g/mol. The third-order valence-electron chi connectivity index (χ3n) is 6.86. The molecule has 1 aliphatic rings. The molecule has 5 rings (SSSR count). The lowest BCUT2D eigenvalue weighted by Gasteiger charge is -2.31. The highest BCUT2D eigenvalue weighted by atomic mass is 19.1. The Morgan fingerprint density at radius 3 is 2.67 bits per heavy atom. The molecule has 1 N–H and O–H groups in total. The number of fused-ring (bicyclic) bond motifs is 2. The number of rotatable bonds is 5. The van der Waals surface area contributed by atoms with Crippen LogP contribution in [0, 0.1) is 23.1 Å². The van der Waals surface area contributed by atoms with E-state index in [4.69, 9.17) is 5.26 Å². The second-order valence-electron chi connectivity index (χ2n) is 9.13. The Hall–Kier alpha value is -3.59. The summed E-state index contributed by atoms with van der Waals surface area (Å²) in [5, 5.41) is 14.6. The molecule has 5 nitrogen and oxygen atoms in total. The molecule has 0 aliphatic heterocycles. The summed E-state index contributed by atoms with van der Waals surface area (Å²) in [5.74, 6) is 1.71. The lowest BCUT2D eigenvalue weighted by atomic mass is 9.76. The highest BCUT2D eigenvalue weighted by Crippen LogP contribution is 2.40. The van der Waals surface area contributed by atoms with Gasteiger partial charge in [0.2, 0.25) is 0 Å². The average Bonchev–Trinajstić information content (AvgIpc) is 2.84. The van der Waals surface area contributed by atoms with E-state index >= 15 is 0 Å². The van der Waals surface area contributed by atoms with Crippen molar-refractivity contribution in [3.63, 3.8) is 0 Å². The zero-order valence-corrected chi connectivity index (χ0v) is 18.6. The molecule has 1 aliphatic carbocycles. The third kappa shape index (κ3) is 4.49. The van der Waals surface area contributed by atoms with Gasteiger partial charge in [0.1, 0.15) is 18.0 Å². The van der Waals surface area contributed by atoms with Gasteiger partial charge in [-0.25, -0.2) is 14.4 Å². The van der Waals surface area contributed by atoms with E-state index in [1.807, 2.05) is 12.3 Å². The van der Waals surface area contributed by atoms with Gasteiger partial charge in [0.15, 0.2) is 0 Å². The lowest BCUT2D eigenvalue weighted by Crippen LogP contribution is -2.23.